The standard InChI is InChI=1S/C15H16ClNO3S/c1-11-4-3-5-13(8-11)17(2)21(19,20)14-7-6-12(10-18)15(16)9-14/h3-9,18H,10H2,1-2H3. The van der Waals surface area contributed by atoms with E-state index in [0.29, 0.717) is 11.3 Å². The second kappa shape index (κ2) is 6.05. The molecule has 2 aromatic carbocycles. The minimum absolute atomic E-state index is 0.0914. The molecule has 21 heavy (non-hydrogen) atoms. The number of aryl methyl sites for hydroxylation is 1. The Hall–Kier alpha value is -1.56. The fourth-order valence-electron chi connectivity index (χ4n) is 1.94. The maximum atomic E-state index is 12.6. The minimum Gasteiger partial charge on any atom is -0.392 e. The van der Waals surface area contributed by atoms with E-state index in [9.17, 15) is 8.42 Å². The van der Waals surface area contributed by atoms with Gasteiger partial charge in [-0.2, -0.15) is 0 Å². The number of hydrogen-bond acceptors (Lipinski definition) is 3. The number of rotatable bonds is 4. The number of benzene rings is 2. The van der Waals surface area contributed by atoms with E-state index in [1.807, 2.05) is 13.0 Å². The van der Waals surface area contributed by atoms with Crippen molar-refractivity contribution in [2.75, 3.05) is 11.4 Å². The van der Waals surface area contributed by atoms with Crippen molar-refractivity contribution in [1.82, 2.24) is 0 Å². The molecular formula is C15H16ClNO3S. The molecule has 0 saturated carbocycles. The molecule has 0 spiro atoms. The highest BCUT2D eigenvalue weighted by Crippen LogP contribution is 2.26. The average molecular weight is 326 g/mol. The van der Waals surface area contributed by atoms with Crippen LogP contribution in [0.25, 0.3) is 0 Å². The van der Waals surface area contributed by atoms with Crippen molar-refractivity contribution in [2.24, 2.45) is 0 Å². The summed E-state index contributed by atoms with van der Waals surface area (Å²) < 4.78 is 26.4. The van der Waals surface area contributed by atoms with Gasteiger partial charge in [-0.25, -0.2) is 8.42 Å². The molecule has 0 atom stereocenters. The Balaban J connectivity index is 2.44. The van der Waals surface area contributed by atoms with Gasteiger partial charge in [0.15, 0.2) is 0 Å². The van der Waals surface area contributed by atoms with E-state index in [1.54, 1.807) is 18.2 Å². The van der Waals surface area contributed by atoms with Crippen LogP contribution in [-0.2, 0) is 16.6 Å². The smallest absolute Gasteiger partial charge is 0.264 e. The largest absolute Gasteiger partial charge is 0.392 e. The number of halogens is 1. The first-order valence-electron chi connectivity index (χ1n) is 6.31. The first kappa shape index (κ1) is 15.8. The molecule has 0 aliphatic rings. The first-order valence-corrected chi connectivity index (χ1v) is 8.13. The zero-order valence-electron chi connectivity index (χ0n) is 11.7. The molecule has 6 heteroatoms. The molecule has 0 aliphatic carbocycles. The van der Waals surface area contributed by atoms with Crippen molar-refractivity contribution in [3.05, 3.63) is 58.6 Å². The van der Waals surface area contributed by atoms with Crippen LogP contribution in [-0.4, -0.2) is 20.6 Å². The van der Waals surface area contributed by atoms with Crippen molar-refractivity contribution < 1.29 is 13.5 Å². The van der Waals surface area contributed by atoms with Gasteiger partial charge in [-0.15, -0.1) is 0 Å². The Morgan fingerprint density at radius 1 is 1.19 bits per heavy atom. The van der Waals surface area contributed by atoms with E-state index in [4.69, 9.17) is 16.7 Å². The summed E-state index contributed by atoms with van der Waals surface area (Å²) in [6.45, 7) is 1.67. The monoisotopic (exact) mass is 325 g/mol. The Kier molecular flexibility index (Phi) is 4.56. The number of aliphatic hydroxyl groups is 1. The zero-order valence-corrected chi connectivity index (χ0v) is 13.3. The van der Waals surface area contributed by atoms with Crippen molar-refractivity contribution in [3.8, 4) is 0 Å². The molecule has 0 fully saturated rings. The third kappa shape index (κ3) is 3.20. The van der Waals surface area contributed by atoms with E-state index in [2.05, 4.69) is 0 Å². The van der Waals surface area contributed by atoms with Crippen LogP contribution in [0.3, 0.4) is 0 Å². The maximum Gasteiger partial charge on any atom is 0.264 e. The van der Waals surface area contributed by atoms with Crippen LogP contribution in [0, 0.1) is 6.92 Å². The predicted octanol–water partition coefficient (Wildman–Crippen LogP) is 2.97. The van der Waals surface area contributed by atoms with Gasteiger partial charge in [-0.1, -0.05) is 29.8 Å². The molecule has 0 heterocycles. The predicted molar refractivity (Wildman–Crippen MR) is 84.1 cm³/mol. The van der Waals surface area contributed by atoms with E-state index in [1.165, 1.54) is 29.6 Å². The van der Waals surface area contributed by atoms with E-state index in [0.717, 1.165) is 5.56 Å². The highest BCUT2D eigenvalue weighted by atomic mass is 35.5. The lowest BCUT2D eigenvalue weighted by Gasteiger charge is -2.20. The molecule has 112 valence electrons. The lowest BCUT2D eigenvalue weighted by atomic mass is 10.2. The van der Waals surface area contributed by atoms with Crippen molar-refractivity contribution in [1.29, 1.82) is 0 Å². The van der Waals surface area contributed by atoms with Crippen LogP contribution in [0.4, 0.5) is 5.69 Å². The molecule has 0 unspecified atom stereocenters. The van der Waals surface area contributed by atoms with Gasteiger partial charge in [-0.3, -0.25) is 4.31 Å². The average Bonchev–Trinajstić information content (AvgIpc) is 2.46. The molecular weight excluding hydrogens is 310 g/mol. The molecule has 0 bridgehead atoms. The highest BCUT2D eigenvalue weighted by Gasteiger charge is 2.22. The summed E-state index contributed by atoms with van der Waals surface area (Å²) in [6.07, 6.45) is 0. The number of hydrogen-bond donors (Lipinski definition) is 1. The number of nitrogens with zero attached hydrogens (tertiary/aromatic N) is 1. The van der Waals surface area contributed by atoms with Gasteiger partial charge in [-0.05, 0) is 42.3 Å². The molecule has 1 N–H and O–H groups in total. The lowest BCUT2D eigenvalue weighted by Crippen LogP contribution is -2.26. The summed E-state index contributed by atoms with van der Waals surface area (Å²) in [4.78, 5) is 0.0914. The topological polar surface area (TPSA) is 57.6 Å². The normalized spacial score (nSPS) is 11.4. The van der Waals surface area contributed by atoms with Gasteiger partial charge in [0.2, 0.25) is 0 Å². The maximum absolute atomic E-state index is 12.6. The van der Waals surface area contributed by atoms with Crippen molar-refractivity contribution in [2.45, 2.75) is 18.4 Å². The molecule has 0 aromatic heterocycles. The second-order valence-corrected chi connectivity index (χ2v) is 7.10. The van der Waals surface area contributed by atoms with Gasteiger partial charge < -0.3 is 5.11 Å². The third-order valence-corrected chi connectivity index (χ3v) is 5.35. The van der Waals surface area contributed by atoms with Gasteiger partial charge >= 0.3 is 0 Å². The van der Waals surface area contributed by atoms with Gasteiger partial charge in [0.25, 0.3) is 10.0 Å². The fourth-order valence-corrected chi connectivity index (χ4v) is 3.46. The third-order valence-electron chi connectivity index (χ3n) is 3.22. The summed E-state index contributed by atoms with van der Waals surface area (Å²) >= 11 is 5.97. The quantitative estimate of drug-likeness (QED) is 0.940. The summed E-state index contributed by atoms with van der Waals surface area (Å²) in [6, 6.07) is 11.5. The molecule has 0 saturated heterocycles. The molecule has 2 rings (SSSR count). The van der Waals surface area contributed by atoms with E-state index in [-0.39, 0.29) is 16.5 Å². The van der Waals surface area contributed by atoms with Crippen LogP contribution in [0.15, 0.2) is 47.4 Å². The molecule has 4 nitrogen and oxygen atoms in total. The van der Waals surface area contributed by atoms with Crippen LogP contribution in [0.5, 0.6) is 0 Å². The van der Waals surface area contributed by atoms with Crippen LogP contribution >= 0.6 is 11.6 Å². The SMILES string of the molecule is Cc1cccc(N(C)S(=O)(=O)c2ccc(CO)c(Cl)c2)c1. The van der Waals surface area contributed by atoms with Crippen LogP contribution in [0.2, 0.25) is 5.02 Å². The Morgan fingerprint density at radius 3 is 2.48 bits per heavy atom. The summed E-state index contributed by atoms with van der Waals surface area (Å²) in [5.41, 5.74) is 2.05. The fraction of sp³-hybridized carbons (Fsp3) is 0.200. The summed E-state index contributed by atoms with van der Waals surface area (Å²) in [7, 11) is -2.19. The minimum atomic E-state index is -3.69. The number of aliphatic hydroxyl groups excluding tert-OH is 1. The Bertz CT molecular complexity index is 759. The van der Waals surface area contributed by atoms with Gasteiger partial charge in [0.1, 0.15) is 0 Å². The Morgan fingerprint density at radius 2 is 1.90 bits per heavy atom. The van der Waals surface area contributed by atoms with Crippen LogP contribution in [0.1, 0.15) is 11.1 Å². The second-order valence-electron chi connectivity index (χ2n) is 4.72. The van der Waals surface area contributed by atoms with Gasteiger partial charge in [0, 0.05) is 12.1 Å². The molecule has 0 amide bonds. The van der Waals surface area contributed by atoms with E-state index >= 15 is 0 Å². The molecule has 0 radical (unpaired) electrons. The van der Waals surface area contributed by atoms with Crippen molar-refractivity contribution >= 4 is 27.3 Å². The number of sulfonamides is 1. The van der Waals surface area contributed by atoms with E-state index < -0.39 is 10.0 Å². The molecule has 2 aromatic rings. The molecule has 0 aliphatic heterocycles. The van der Waals surface area contributed by atoms with Gasteiger partial charge in [0.05, 0.1) is 17.2 Å². The summed E-state index contributed by atoms with van der Waals surface area (Å²) in [5, 5.41) is 9.32. The first-order chi connectivity index (χ1) is 9.86. The Labute approximate surface area is 129 Å². The van der Waals surface area contributed by atoms with Crippen molar-refractivity contribution in [3.63, 3.8) is 0 Å². The summed E-state index contributed by atoms with van der Waals surface area (Å²) in [5.74, 6) is 0. The highest BCUT2D eigenvalue weighted by molar-refractivity contribution is 7.92. The van der Waals surface area contributed by atoms with Crippen LogP contribution < -0.4 is 4.31 Å². The lowest BCUT2D eigenvalue weighted by molar-refractivity contribution is 0.282. The number of anilines is 1. The zero-order chi connectivity index (χ0) is 15.6.